The number of benzene rings is 2. The van der Waals surface area contributed by atoms with Gasteiger partial charge in [-0.2, -0.15) is 0 Å². The molecule has 2 aromatic rings. The van der Waals surface area contributed by atoms with Crippen LogP contribution in [0.15, 0.2) is 48.5 Å². The van der Waals surface area contributed by atoms with Gasteiger partial charge in [0.05, 0.1) is 6.61 Å². The molecule has 0 atom stereocenters. The second kappa shape index (κ2) is 4.95. The summed E-state index contributed by atoms with van der Waals surface area (Å²) >= 11 is 0. The van der Waals surface area contributed by atoms with E-state index in [0.717, 1.165) is 12.0 Å². The van der Waals surface area contributed by atoms with Crippen molar-refractivity contribution in [1.29, 1.82) is 0 Å². The van der Waals surface area contributed by atoms with Crippen LogP contribution in [0.1, 0.15) is 18.1 Å². The van der Waals surface area contributed by atoms with E-state index in [1.54, 1.807) is 0 Å². The largest absolute Gasteiger partial charge is 0.392 e. The van der Waals surface area contributed by atoms with E-state index in [2.05, 4.69) is 25.1 Å². The van der Waals surface area contributed by atoms with Gasteiger partial charge in [0.2, 0.25) is 0 Å². The number of hydrogen-bond donors (Lipinski definition) is 1. The zero-order valence-corrected chi connectivity index (χ0v) is 9.48. The van der Waals surface area contributed by atoms with E-state index in [-0.39, 0.29) is 6.61 Å². The first-order chi connectivity index (χ1) is 7.86. The molecule has 1 N–H and O–H groups in total. The Bertz CT molecular complexity index is 460. The quantitative estimate of drug-likeness (QED) is 0.826. The molecular weight excluding hydrogens is 196 g/mol. The molecule has 0 heterocycles. The molecule has 0 saturated heterocycles. The highest BCUT2D eigenvalue weighted by Crippen LogP contribution is 2.26. The van der Waals surface area contributed by atoms with E-state index < -0.39 is 0 Å². The summed E-state index contributed by atoms with van der Waals surface area (Å²) < 4.78 is 0. The summed E-state index contributed by atoms with van der Waals surface area (Å²) in [5, 5.41) is 9.32. The molecule has 2 aromatic carbocycles. The summed E-state index contributed by atoms with van der Waals surface area (Å²) in [6, 6.07) is 16.4. The second-order valence-corrected chi connectivity index (χ2v) is 3.82. The Kier molecular flexibility index (Phi) is 3.37. The predicted molar refractivity (Wildman–Crippen MR) is 67.2 cm³/mol. The molecule has 0 saturated carbocycles. The van der Waals surface area contributed by atoms with Crippen LogP contribution in [0.5, 0.6) is 0 Å². The molecule has 2 rings (SSSR count). The lowest BCUT2D eigenvalue weighted by atomic mass is 9.94. The predicted octanol–water partition coefficient (Wildman–Crippen LogP) is 3.41. The third-order valence-corrected chi connectivity index (χ3v) is 2.88. The van der Waals surface area contributed by atoms with Crippen LogP contribution in [-0.2, 0) is 13.0 Å². The van der Waals surface area contributed by atoms with E-state index in [0.29, 0.717) is 0 Å². The van der Waals surface area contributed by atoms with E-state index in [4.69, 9.17) is 0 Å². The molecule has 0 amide bonds. The third kappa shape index (κ3) is 2.00. The molecule has 0 unspecified atom stereocenters. The average molecular weight is 212 g/mol. The molecule has 82 valence electrons. The highest BCUT2D eigenvalue weighted by atomic mass is 16.3. The molecule has 0 aliphatic heterocycles. The standard InChI is InChI=1S/C15H16O/c1-2-14-13(11-16)9-6-10-15(14)12-7-4-3-5-8-12/h3-10,16H,2,11H2,1H3. The molecule has 0 aliphatic rings. The van der Waals surface area contributed by atoms with Crippen LogP contribution in [0.3, 0.4) is 0 Å². The van der Waals surface area contributed by atoms with Crippen LogP contribution in [0.2, 0.25) is 0 Å². The van der Waals surface area contributed by atoms with E-state index in [9.17, 15) is 5.11 Å². The van der Waals surface area contributed by atoms with Crippen molar-refractivity contribution < 1.29 is 5.11 Å². The first-order valence-electron chi connectivity index (χ1n) is 5.64. The number of aliphatic hydroxyl groups is 1. The van der Waals surface area contributed by atoms with Gasteiger partial charge in [-0.15, -0.1) is 0 Å². The Morgan fingerprint density at radius 2 is 1.69 bits per heavy atom. The van der Waals surface area contributed by atoms with E-state index in [1.165, 1.54) is 16.7 Å². The minimum atomic E-state index is 0.115. The SMILES string of the molecule is CCc1c(CO)cccc1-c1ccccc1. The molecule has 0 spiro atoms. The Morgan fingerprint density at radius 1 is 0.938 bits per heavy atom. The van der Waals surface area contributed by atoms with Crippen LogP contribution >= 0.6 is 0 Å². The molecule has 0 aliphatic carbocycles. The third-order valence-electron chi connectivity index (χ3n) is 2.88. The van der Waals surface area contributed by atoms with Gasteiger partial charge in [-0.1, -0.05) is 55.5 Å². The van der Waals surface area contributed by atoms with Crippen molar-refractivity contribution >= 4 is 0 Å². The number of aliphatic hydroxyl groups excluding tert-OH is 1. The van der Waals surface area contributed by atoms with Gasteiger partial charge in [0.1, 0.15) is 0 Å². The van der Waals surface area contributed by atoms with Gasteiger partial charge in [0.25, 0.3) is 0 Å². The molecule has 1 nitrogen and oxygen atoms in total. The van der Waals surface area contributed by atoms with Crippen molar-refractivity contribution in [2.24, 2.45) is 0 Å². The minimum Gasteiger partial charge on any atom is -0.392 e. The van der Waals surface area contributed by atoms with Gasteiger partial charge < -0.3 is 5.11 Å². The van der Waals surface area contributed by atoms with Gasteiger partial charge in [-0.25, -0.2) is 0 Å². The van der Waals surface area contributed by atoms with E-state index >= 15 is 0 Å². The number of hydrogen-bond acceptors (Lipinski definition) is 1. The van der Waals surface area contributed by atoms with Crippen LogP contribution in [0.25, 0.3) is 11.1 Å². The fourth-order valence-electron chi connectivity index (χ4n) is 2.09. The average Bonchev–Trinajstić information content (AvgIpc) is 2.38. The van der Waals surface area contributed by atoms with Gasteiger partial charge >= 0.3 is 0 Å². The van der Waals surface area contributed by atoms with Crippen molar-refractivity contribution in [1.82, 2.24) is 0 Å². The molecule has 0 fully saturated rings. The molecule has 1 heteroatoms. The van der Waals surface area contributed by atoms with Crippen LogP contribution in [-0.4, -0.2) is 5.11 Å². The lowest BCUT2D eigenvalue weighted by Crippen LogP contribution is -1.95. The van der Waals surface area contributed by atoms with Gasteiger partial charge in [-0.05, 0) is 28.7 Å². The molecule has 0 bridgehead atoms. The molecular formula is C15H16O. The maximum absolute atomic E-state index is 9.32. The van der Waals surface area contributed by atoms with Gasteiger partial charge in [0, 0.05) is 0 Å². The Morgan fingerprint density at radius 3 is 2.31 bits per heavy atom. The summed E-state index contributed by atoms with van der Waals surface area (Å²) in [4.78, 5) is 0. The Balaban J connectivity index is 2.57. The monoisotopic (exact) mass is 212 g/mol. The fraction of sp³-hybridized carbons (Fsp3) is 0.200. The first kappa shape index (κ1) is 10.9. The van der Waals surface area contributed by atoms with Gasteiger partial charge in [-0.3, -0.25) is 0 Å². The van der Waals surface area contributed by atoms with Crippen molar-refractivity contribution in [2.75, 3.05) is 0 Å². The Hall–Kier alpha value is -1.60. The summed E-state index contributed by atoms with van der Waals surface area (Å²) in [7, 11) is 0. The highest BCUT2D eigenvalue weighted by Gasteiger charge is 2.06. The smallest absolute Gasteiger partial charge is 0.0684 e. The lowest BCUT2D eigenvalue weighted by Gasteiger charge is -2.12. The summed E-state index contributed by atoms with van der Waals surface area (Å²) in [6.45, 7) is 2.24. The number of rotatable bonds is 3. The van der Waals surface area contributed by atoms with E-state index in [1.807, 2.05) is 30.3 Å². The summed E-state index contributed by atoms with van der Waals surface area (Å²) in [5.41, 5.74) is 4.73. The zero-order valence-electron chi connectivity index (χ0n) is 9.48. The normalized spacial score (nSPS) is 10.4. The Labute approximate surface area is 96.4 Å². The maximum Gasteiger partial charge on any atom is 0.0684 e. The van der Waals surface area contributed by atoms with Crippen LogP contribution in [0.4, 0.5) is 0 Å². The second-order valence-electron chi connectivity index (χ2n) is 3.82. The van der Waals surface area contributed by atoms with Crippen LogP contribution in [0, 0.1) is 0 Å². The van der Waals surface area contributed by atoms with Crippen molar-refractivity contribution in [3.8, 4) is 11.1 Å². The minimum absolute atomic E-state index is 0.115. The molecule has 0 aromatic heterocycles. The summed E-state index contributed by atoms with van der Waals surface area (Å²) in [6.07, 6.45) is 0.945. The zero-order chi connectivity index (χ0) is 11.4. The molecule has 16 heavy (non-hydrogen) atoms. The van der Waals surface area contributed by atoms with Crippen molar-refractivity contribution in [2.45, 2.75) is 20.0 Å². The summed E-state index contributed by atoms with van der Waals surface area (Å²) in [5.74, 6) is 0. The van der Waals surface area contributed by atoms with Crippen molar-refractivity contribution in [3.63, 3.8) is 0 Å². The first-order valence-corrected chi connectivity index (χ1v) is 5.64. The lowest BCUT2D eigenvalue weighted by molar-refractivity contribution is 0.281. The fourth-order valence-corrected chi connectivity index (χ4v) is 2.09. The maximum atomic E-state index is 9.32. The topological polar surface area (TPSA) is 20.2 Å². The van der Waals surface area contributed by atoms with Gasteiger partial charge in [0.15, 0.2) is 0 Å². The molecule has 0 radical (unpaired) electrons. The van der Waals surface area contributed by atoms with Crippen molar-refractivity contribution in [3.05, 3.63) is 59.7 Å². The van der Waals surface area contributed by atoms with Crippen LogP contribution < -0.4 is 0 Å². The highest BCUT2D eigenvalue weighted by molar-refractivity contribution is 5.68.